The standard InChI is InChI=1S/C10H20O/c1-4-10-9(5-6-11-10)7-8(2)3/h8-10H,4-7H2,1-3H3. The Kier molecular flexibility index (Phi) is 3.38. The molecular formula is C10H20O. The molecule has 0 aliphatic carbocycles. The van der Waals surface area contributed by atoms with Crippen LogP contribution in [0.25, 0.3) is 0 Å². The predicted octanol–water partition coefficient (Wildman–Crippen LogP) is 2.85. The van der Waals surface area contributed by atoms with Crippen molar-refractivity contribution >= 4 is 0 Å². The molecule has 0 bridgehead atoms. The third-order valence-electron chi connectivity index (χ3n) is 2.52. The van der Waals surface area contributed by atoms with Crippen molar-refractivity contribution in [2.24, 2.45) is 11.8 Å². The zero-order chi connectivity index (χ0) is 8.27. The Morgan fingerprint density at radius 2 is 2.18 bits per heavy atom. The van der Waals surface area contributed by atoms with Crippen molar-refractivity contribution in [1.82, 2.24) is 0 Å². The van der Waals surface area contributed by atoms with Crippen LogP contribution in [0, 0.1) is 11.8 Å². The number of ether oxygens (including phenoxy) is 1. The topological polar surface area (TPSA) is 9.23 Å². The fourth-order valence-electron chi connectivity index (χ4n) is 2.02. The summed E-state index contributed by atoms with van der Waals surface area (Å²) < 4.78 is 5.62. The molecule has 0 saturated carbocycles. The van der Waals surface area contributed by atoms with Gasteiger partial charge in [0.25, 0.3) is 0 Å². The van der Waals surface area contributed by atoms with Gasteiger partial charge in [-0.15, -0.1) is 0 Å². The summed E-state index contributed by atoms with van der Waals surface area (Å²) in [5.41, 5.74) is 0. The van der Waals surface area contributed by atoms with E-state index in [-0.39, 0.29) is 0 Å². The van der Waals surface area contributed by atoms with Crippen LogP contribution in [0.2, 0.25) is 0 Å². The Balaban J connectivity index is 2.31. The highest BCUT2D eigenvalue weighted by molar-refractivity contribution is 4.75. The molecule has 2 unspecified atom stereocenters. The van der Waals surface area contributed by atoms with E-state index in [0.717, 1.165) is 18.4 Å². The third kappa shape index (κ3) is 2.48. The van der Waals surface area contributed by atoms with Gasteiger partial charge in [0, 0.05) is 6.61 Å². The van der Waals surface area contributed by atoms with Crippen molar-refractivity contribution in [3.63, 3.8) is 0 Å². The minimum Gasteiger partial charge on any atom is -0.378 e. The lowest BCUT2D eigenvalue weighted by Gasteiger charge is -2.18. The van der Waals surface area contributed by atoms with Crippen LogP contribution in [0.5, 0.6) is 0 Å². The summed E-state index contributed by atoms with van der Waals surface area (Å²) in [7, 11) is 0. The Bertz CT molecular complexity index is 109. The van der Waals surface area contributed by atoms with Crippen LogP contribution < -0.4 is 0 Å². The molecule has 0 spiro atoms. The van der Waals surface area contributed by atoms with E-state index in [4.69, 9.17) is 4.74 Å². The zero-order valence-electron chi connectivity index (χ0n) is 7.97. The minimum absolute atomic E-state index is 0.567. The monoisotopic (exact) mass is 156 g/mol. The minimum atomic E-state index is 0.567. The smallest absolute Gasteiger partial charge is 0.0601 e. The molecule has 1 fully saturated rings. The summed E-state index contributed by atoms with van der Waals surface area (Å²) in [6.07, 6.45) is 4.39. The van der Waals surface area contributed by atoms with Crippen molar-refractivity contribution in [3.8, 4) is 0 Å². The molecule has 66 valence electrons. The molecule has 0 aromatic heterocycles. The molecular weight excluding hydrogens is 136 g/mol. The first-order chi connectivity index (χ1) is 5.24. The first-order valence-electron chi connectivity index (χ1n) is 4.85. The molecule has 0 amide bonds. The van der Waals surface area contributed by atoms with Gasteiger partial charge in [-0.2, -0.15) is 0 Å². The molecule has 1 saturated heterocycles. The van der Waals surface area contributed by atoms with E-state index < -0.39 is 0 Å². The van der Waals surface area contributed by atoms with Crippen LogP contribution in [0.15, 0.2) is 0 Å². The maximum atomic E-state index is 5.62. The molecule has 1 nitrogen and oxygen atoms in total. The van der Waals surface area contributed by atoms with Gasteiger partial charge in [0.15, 0.2) is 0 Å². The summed E-state index contributed by atoms with van der Waals surface area (Å²) in [5.74, 6) is 1.68. The van der Waals surface area contributed by atoms with Crippen LogP contribution in [0.3, 0.4) is 0 Å². The molecule has 0 aromatic carbocycles. The van der Waals surface area contributed by atoms with Gasteiger partial charge in [-0.05, 0) is 31.1 Å². The van der Waals surface area contributed by atoms with Gasteiger partial charge in [0.05, 0.1) is 6.10 Å². The first-order valence-corrected chi connectivity index (χ1v) is 4.85. The largest absolute Gasteiger partial charge is 0.378 e. The van der Waals surface area contributed by atoms with Gasteiger partial charge in [-0.25, -0.2) is 0 Å². The van der Waals surface area contributed by atoms with Crippen LogP contribution in [-0.2, 0) is 4.74 Å². The van der Waals surface area contributed by atoms with E-state index in [2.05, 4.69) is 20.8 Å². The second-order valence-corrected chi connectivity index (χ2v) is 4.00. The van der Waals surface area contributed by atoms with E-state index >= 15 is 0 Å². The van der Waals surface area contributed by atoms with Crippen molar-refractivity contribution in [3.05, 3.63) is 0 Å². The molecule has 0 aromatic rings. The summed E-state index contributed by atoms with van der Waals surface area (Å²) >= 11 is 0. The van der Waals surface area contributed by atoms with Gasteiger partial charge in [0.2, 0.25) is 0 Å². The lowest BCUT2D eigenvalue weighted by molar-refractivity contribution is 0.0825. The van der Waals surface area contributed by atoms with Gasteiger partial charge in [0.1, 0.15) is 0 Å². The molecule has 1 heteroatoms. The lowest BCUT2D eigenvalue weighted by atomic mass is 9.90. The second kappa shape index (κ2) is 4.10. The Morgan fingerprint density at radius 1 is 1.45 bits per heavy atom. The highest BCUT2D eigenvalue weighted by atomic mass is 16.5. The van der Waals surface area contributed by atoms with E-state index in [1.165, 1.54) is 19.3 Å². The maximum absolute atomic E-state index is 5.62. The number of hydrogen-bond donors (Lipinski definition) is 0. The summed E-state index contributed by atoms with van der Waals surface area (Å²) in [6, 6.07) is 0. The zero-order valence-corrected chi connectivity index (χ0v) is 7.97. The fourth-order valence-corrected chi connectivity index (χ4v) is 2.02. The highest BCUT2D eigenvalue weighted by Gasteiger charge is 2.26. The summed E-state index contributed by atoms with van der Waals surface area (Å²) in [5, 5.41) is 0. The summed E-state index contributed by atoms with van der Waals surface area (Å²) in [6.45, 7) is 7.81. The highest BCUT2D eigenvalue weighted by Crippen LogP contribution is 2.28. The van der Waals surface area contributed by atoms with Crippen molar-refractivity contribution in [2.75, 3.05) is 6.61 Å². The fraction of sp³-hybridized carbons (Fsp3) is 1.00. The molecule has 1 heterocycles. The number of hydrogen-bond acceptors (Lipinski definition) is 1. The summed E-state index contributed by atoms with van der Waals surface area (Å²) in [4.78, 5) is 0. The molecule has 0 radical (unpaired) electrons. The SMILES string of the molecule is CCC1OCCC1CC(C)C. The van der Waals surface area contributed by atoms with Gasteiger partial charge < -0.3 is 4.74 Å². The number of rotatable bonds is 3. The van der Waals surface area contributed by atoms with Gasteiger partial charge in [-0.3, -0.25) is 0 Å². The quantitative estimate of drug-likeness (QED) is 0.610. The average molecular weight is 156 g/mol. The molecule has 0 N–H and O–H groups in total. The second-order valence-electron chi connectivity index (χ2n) is 4.00. The third-order valence-corrected chi connectivity index (χ3v) is 2.52. The molecule has 1 aliphatic rings. The van der Waals surface area contributed by atoms with Crippen LogP contribution in [-0.4, -0.2) is 12.7 Å². The maximum Gasteiger partial charge on any atom is 0.0601 e. The Hall–Kier alpha value is -0.0400. The Labute approximate surface area is 70.1 Å². The van der Waals surface area contributed by atoms with E-state index in [9.17, 15) is 0 Å². The van der Waals surface area contributed by atoms with E-state index in [1.807, 2.05) is 0 Å². The van der Waals surface area contributed by atoms with Crippen LogP contribution in [0.1, 0.15) is 40.0 Å². The van der Waals surface area contributed by atoms with Crippen molar-refractivity contribution in [2.45, 2.75) is 46.1 Å². The first kappa shape index (κ1) is 9.05. The predicted molar refractivity (Wildman–Crippen MR) is 47.6 cm³/mol. The molecule has 2 atom stereocenters. The van der Waals surface area contributed by atoms with Crippen LogP contribution >= 0.6 is 0 Å². The van der Waals surface area contributed by atoms with E-state index in [1.54, 1.807) is 0 Å². The van der Waals surface area contributed by atoms with Gasteiger partial charge in [-0.1, -0.05) is 20.8 Å². The Morgan fingerprint density at radius 3 is 2.73 bits per heavy atom. The molecule has 1 rings (SSSR count). The van der Waals surface area contributed by atoms with Gasteiger partial charge >= 0.3 is 0 Å². The normalized spacial score (nSPS) is 31.6. The molecule has 1 aliphatic heterocycles. The van der Waals surface area contributed by atoms with Crippen molar-refractivity contribution in [1.29, 1.82) is 0 Å². The lowest BCUT2D eigenvalue weighted by Crippen LogP contribution is -2.16. The van der Waals surface area contributed by atoms with Crippen LogP contribution in [0.4, 0.5) is 0 Å². The average Bonchev–Trinajstić information content (AvgIpc) is 2.34. The molecule has 11 heavy (non-hydrogen) atoms. The van der Waals surface area contributed by atoms with Crippen molar-refractivity contribution < 1.29 is 4.74 Å². The van der Waals surface area contributed by atoms with E-state index in [0.29, 0.717) is 6.10 Å².